The number of esters is 1. The molecule has 0 aromatic rings. The molecule has 0 saturated heterocycles. The highest BCUT2D eigenvalue weighted by Gasteiger charge is 2.47. The molecule has 0 bridgehead atoms. The number of hydrogen-bond donors (Lipinski definition) is 0. The van der Waals surface area contributed by atoms with Crippen molar-refractivity contribution >= 4 is 11.8 Å². The highest BCUT2D eigenvalue weighted by Crippen LogP contribution is 2.33. The van der Waals surface area contributed by atoms with Crippen LogP contribution in [-0.2, 0) is 14.3 Å². The minimum atomic E-state index is -4.73. The number of hydrogen-bond acceptors (Lipinski definition) is 3. The first-order valence-electron chi connectivity index (χ1n) is 6.62. The summed E-state index contributed by atoms with van der Waals surface area (Å²) in [5.41, 5.74) is 0. The third-order valence-corrected chi connectivity index (χ3v) is 3.43. The molecular formula is C13H19F3O3. The Kier molecular flexibility index (Phi) is 5.82. The van der Waals surface area contributed by atoms with E-state index in [9.17, 15) is 22.8 Å². The lowest BCUT2D eigenvalue weighted by Crippen LogP contribution is -2.35. The quantitative estimate of drug-likeness (QED) is 0.726. The highest BCUT2D eigenvalue weighted by molar-refractivity contribution is 5.86. The first-order valence-corrected chi connectivity index (χ1v) is 6.62. The van der Waals surface area contributed by atoms with Crippen LogP contribution in [0.3, 0.4) is 0 Å². The summed E-state index contributed by atoms with van der Waals surface area (Å²) in [6, 6.07) is 0. The summed E-state index contributed by atoms with van der Waals surface area (Å²) in [6.45, 7) is 1.32. The molecule has 0 spiro atoms. The Morgan fingerprint density at radius 1 is 1.21 bits per heavy atom. The van der Waals surface area contributed by atoms with E-state index >= 15 is 0 Å². The fourth-order valence-electron chi connectivity index (χ4n) is 2.37. The molecule has 0 heterocycles. The molecule has 110 valence electrons. The number of rotatable bonds is 5. The Bertz CT molecular complexity index is 320. The third-order valence-electron chi connectivity index (χ3n) is 3.43. The van der Waals surface area contributed by atoms with Gasteiger partial charge in [-0.2, -0.15) is 13.2 Å². The van der Waals surface area contributed by atoms with Crippen LogP contribution in [0.2, 0.25) is 0 Å². The van der Waals surface area contributed by atoms with Crippen LogP contribution in [0.15, 0.2) is 0 Å². The van der Waals surface area contributed by atoms with E-state index in [0.29, 0.717) is 12.8 Å². The van der Waals surface area contributed by atoms with Crippen molar-refractivity contribution in [1.82, 2.24) is 0 Å². The number of halogens is 3. The molecular weight excluding hydrogens is 261 g/mol. The van der Waals surface area contributed by atoms with E-state index in [0.717, 1.165) is 19.3 Å². The molecule has 0 aromatic heterocycles. The van der Waals surface area contributed by atoms with Crippen LogP contribution in [0.4, 0.5) is 13.2 Å². The zero-order valence-corrected chi connectivity index (χ0v) is 11.0. The van der Waals surface area contributed by atoms with Crippen molar-refractivity contribution < 1.29 is 27.5 Å². The minimum Gasteiger partial charge on any atom is -0.466 e. The number of ether oxygens (including phenoxy) is 1. The molecule has 0 aliphatic heterocycles. The van der Waals surface area contributed by atoms with Crippen LogP contribution in [-0.4, -0.2) is 24.5 Å². The molecule has 0 amide bonds. The second kappa shape index (κ2) is 6.91. The number of ketones is 1. The van der Waals surface area contributed by atoms with Crippen molar-refractivity contribution in [2.75, 3.05) is 6.61 Å². The molecule has 1 saturated carbocycles. The maximum Gasteiger partial charge on any atom is 0.402 e. The first-order chi connectivity index (χ1) is 8.86. The number of alkyl halides is 3. The van der Waals surface area contributed by atoms with E-state index in [4.69, 9.17) is 0 Å². The smallest absolute Gasteiger partial charge is 0.402 e. The highest BCUT2D eigenvalue weighted by atomic mass is 19.4. The Labute approximate surface area is 110 Å². The SMILES string of the molecule is CCOC(=O)C(CC(=O)C1CCCCC1)C(F)(F)F. The monoisotopic (exact) mass is 280 g/mol. The number of carbonyl (C=O) groups excluding carboxylic acids is 2. The Morgan fingerprint density at radius 3 is 2.26 bits per heavy atom. The van der Waals surface area contributed by atoms with Gasteiger partial charge in [-0.3, -0.25) is 9.59 Å². The van der Waals surface area contributed by atoms with E-state index in [-0.39, 0.29) is 12.5 Å². The second-order valence-electron chi connectivity index (χ2n) is 4.85. The van der Waals surface area contributed by atoms with Gasteiger partial charge in [-0.25, -0.2) is 0 Å². The molecule has 0 radical (unpaired) electrons. The summed E-state index contributed by atoms with van der Waals surface area (Å²) in [5.74, 6) is -4.45. The molecule has 0 N–H and O–H groups in total. The van der Waals surface area contributed by atoms with E-state index in [2.05, 4.69) is 4.74 Å². The molecule has 1 unspecified atom stereocenters. The van der Waals surface area contributed by atoms with Crippen molar-refractivity contribution in [2.24, 2.45) is 11.8 Å². The lowest BCUT2D eigenvalue weighted by atomic mass is 9.83. The number of Topliss-reactive ketones (excluding diaryl/α,β-unsaturated/α-hetero) is 1. The van der Waals surface area contributed by atoms with Crippen LogP contribution in [0.25, 0.3) is 0 Å². The molecule has 3 nitrogen and oxygen atoms in total. The van der Waals surface area contributed by atoms with Gasteiger partial charge in [0.25, 0.3) is 0 Å². The Hall–Kier alpha value is -1.07. The van der Waals surface area contributed by atoms with Gasteiger partial charge in [-0.1, -0.05) is 19.3 Å². The van der Waals surface area contributed by atoms with Crippen LogP contribution in [0, 0.1) is 11.8 Å². The molecule has 1 aliphatic rings. The van der Waals surface area contributed by atoms with Gasteiger partial charge < -0.3 is 4.74 Å². The molecule has 6 heteroatoms. The maximum absolute atomic E-state index is 12.8. The van der Waals surface area contributed by atoms with Crippen LogP contribution < -0.4 is 0 Å². The van der Waals surface area contributed by atoms with Crippen LogP contribution >= 0.6 is 0 Å². The molecule has 1 rings (SSSR count). The fraction of sp³-hybridized carbons (Fsp3) is 0.846. The Morgan fingerprint density at radius 2 is 1.79 bits per heavy atom. The van der Waals surface area contributed by atoms with E-state index in [1.54, 1.807) is 0 Å². The van der Waals surface area contributed by atoms with Crippen LogP contribution in [0.1, 0.15) is 45.4 Å². The maximum atomic E-state index is 12.8. The van der Waals surface area contributed by atoms with E-state index in [1.165, 1.54) is 6.92 Å². The molecule has 1 atom stereocenters. The lowest BCUT2D eigenvalue weighted by molar-refractivity contribution is -0.199. The van der Waals surface area contributed by atoms with Gasteiger partial charge in [-0.15, -0.1) is 0 Å². The molecule has 19 heavy (non-hydrogen) atoms. The predicted octanol–water partition coefficient (Wildman–Crippen LogP) is 3.27. The van der Waals surface area contributed by atoms with Crippen molar-refractivity contribution in [3.8, 4) is 0 Å². The predicted molar refractivity (Wildman–Crippen MR) is 62.4 cm³/mol. The fourth-order valence-corrected chi connectivity index (χ4v) is 2.37. The Balaban J connectivity index is 2.66. The van der Waals surface area contributed by atoms with Gasteiger partial charge >= 0.3 is 12.1 Å². The second-order valence-corrected chi connectivity index (χ2v) is 4.85. The zero-order chi connectivity index (χ0) is 14.5. The van der Waals surface area contributed by atoms with Crippen molar-refractivity contribution in [3.63, 3.8) is 0 Å². The van der Waals surface area contributed by atoms with Gasteiger partial charge in [0.05, 0.1) is 6.61 Å². The van der Waals surface area contributed by atoms with E-state index in [1.807, 2.05) is 0 Å². The largest absolute Gasteiger partial charge is 0.466 e. The summed E-state index contributed by atoms with van der Waals surface area (Å²) < 4.78 is 42.7. The lowest BCUT2D eigenvalue weighted by Gasteiger charge is -2.23. The van der Waals surface area contributed by atoms with E-state index < -0.39 is 30.3 Å². The molecule has 0 aromatic carbocycles. The van der Waals surface area contributed by atoms with Crippen LogP contribution in [0.5, 0.6) is 0 Å². The standard InChI is InChI=1S/C13H19F3O3/c1-2-19-12(18)10(13(14,15)16)8-11(17)9-6-4-3-5-7-9/h9-10H,2-8H2,1H3. The minimum absolute atomic E-state index is 0.122. The third kappa shape index (κ3) is 4.84. The summed E-state index contributed by atoms with van der Waals surface area (Å²) in [4.78, 5) is 23.2. The number of carbonyl (C=O) groups is 2. The van der Waals surface area contributed by atoms with Gasteiger partial charge in [0, 0.05) is 12.3 Å². The zero-order valence-electron chi connectivity index (χ0n) is 11.0. The summed E-state index contributed by atoms with van der Waals surface area (Å²) >= 11 is 0. The van der Waals surface area contributed by atoms with Gasteiger partial charge in [0.15, 0.2) is 5.92 Å². The summed E-state index contributed by atoms with van der Waals surface area (Å²) in [5, 5.41) is 0. The van der Waals surface area contributed by atoms with Crippen molar-refractivity contribution in [1.29, 1.82) is 0 Å². The average Bonchev–Trinajstić information content (AvgIpc) is 2.35. The van der Waals surface area contributed by atoms with Gasteiger partial charge in [0.2, 0.25) is 0 Å². The molecule has 1 fully saturated rings. The van der Waals surface area contributed by atoms with Crippen molar-refractivity contribution in [2.45, 2.75) is 51.6 Å². The summed E-state index contributed by atoms with van der Waals surface area (Å²) in [7, 11) is 0. The average molecular weight is 280 g/mol. The molecule has 1 aliphatic carbocycles. The van der Waals surface area contributed by atoms with Gasteiger partial charge in [0.1, 0.15) is 5.78 Å². The normalized spacial score (nSPS) is 18.9. The topological polar surface area (TPSA) is 43.4 Å². The van der Waals surface area contributed by atoms with Gasteiger partial charge in [-0.05, 0) is 19.8 Å². The van der Waals surface area contributed by atoms with Crippen molar-refractivity contribution in [3.05, 3.63) is 0 Å². The summed E-state index contributed by atoms with van der Waals surface area (Å²) in [6.07, 6.45) is -1.49. The first kappa shape index (κ1) is 16.0.